The van der Waals surface area contributed by atoms with Gasteiger partial charge in [0.2, 0.25) is 0 Å². The molecule has 2 aromatic rings. The zero-order valence-corrected chi connectivity index (χ0v) is 15.9. The standard InChI is InChI=1S/C19H21F4N3OS/c20-15-2-4-17(5-3-15)28-13-16(27)12-25-7-9-26(10-8-25)18-6-1-14(11-24-18)19(21,22)23/h1-6,11,16,27H,7-10,12-13H2/t16-/m1/s1. The number of rotatable bonds is 6. The molecule has 0 radical (unpaired) electrons. The van der Waals surface area contributed by atoms with Gasteiger partial charge >= 0.3 is 6.18 Å². The molecule has 3 rings (SSSR count). The topological polar surface area (TPSA) is 39.6 Å². The fourth-order valence-corrected chi connectivity index (χ4v) is 3.79. The van der Waals surface area contributed by atoms with Gasteiger partial charge in [0.25, 0.3) is 0 Å². The molecule has 9 heteroatoms. The van der Waals surface area contributed by atoms with Crippen LogP contribution in [0.3, 0.4) is 0 Å². The van der Waals surface area contributed by atoms with Gasteiger partial charge in [0.05, 0.1) is 11.7 Å². The van der Waals surface area contributed by atoms with E-state index in [0.717, 1.165) is 17.2 Å². The Morgan fingerprint density at radius 3 is 2.29 bits per heavy atom. The van der Waals surface area contributed by atoms with Crippen LogP contribution in [-0.2, 0) is 6.18 Å². The number of aliphatic hydroxyl groups excluding tert-OH is 1. The van der Waals surface area contributed by atoms with Crippen LogP contribution in [0.4, 0.5) is 23.4 Å². The van der Waals surface area contributed by atoms with Crippen LogP contribution in [0.25, 0.3) is 0 Å². The summed E-state index contributed by atoms with van der Waals surface area (Å²) in [5, 5.41) is 10.2. The van der Waals surface area contributed by atoms with Gasteiger partial charge in [-0.25, -0.2) is 9.37 Å². The summed E-state index contributed by atoms with van der Waals surface area (Å²) in [5.74, 6) is 0.747. The first-order valence-corrected chi connectivity index (χ1v) is 9.87. The molecule has 1 N–H and O–H groups in total. The minimum Gasteiger partial charge on any atom is -0.391 e. The number of aromatic nitrogens is 1. The van der Waals surface area contributed by atoms with Crippen LogP contribution in [0.5, 0.6) is 0 Å². The summed E-state index contributed by atoms with van der Waals surface area (Å²) in [6.45, 7) is 3.18. The number of anilines is 1. The quantitative estimate of drug-likeness (QED) is 0.578. The van der Waals surface area contributed by atoms with Crippen LogP contribution in [0.2, 0.25) is 0 Å². The fraction of sp³-hybridized carbons (Fsp3) is 0.421. The molecular formula is C19H21F4N3OS. The van der Waals surface area contributed by atoms with E-state index in [1.54, 1.807) is 12.1 Å². The predicted molar refractivity (Wildman–Crippen MR) is 101 cm³/mol. The number of nitrogens with zero attached hydrogens (tertiary/aromatic N) is 3. The molecule has 1 aliphatic rings. The lowest BCUT2D eigenvalue weighted by Crippen LogP contribution is -2.49. The molecule has 1 saturated heterocycles. The third-order valence-corrected chi connectivity index (χ3v) is 5.65. The van der Waals surface area contributed by atoms with Gasteiger partial charge in [-0.3, -0.25) is 4.90 Å². The Balaban J connectivity index is 1.42. The SMILES string of the molecule is O[C@@H](CSc1ccc(F)cc1)CN1CCN(c2ccc(C(F)(F)F)cn2)CC1. The molecular weight excluding hydrogens is 394 g/mol. The van der Waals surface area contributed by atoms with Gasteiger partial charge in [-0.1, -0.05) is 0 Å². The maximum atomic E-state index is 12.9. The molecule has 1 atom stereocenters. The minimum absolute atomic E-state index is 0.287. The van der Waals surface area contributed by atoms with Crippen molar-refractivity contribution in [3.63, 3.8) is 0 Å². The lowest BCUT2D eigenvalue weighted by Gasteiger charge is -2.36. The van der Waals surface area contributed by atoms with Crippen LogP contribution in [-0.4, -0.2) is 59.6 Å². The number of β-amino-alcohol motifs (C(OH)–C–C–N with tert-alkyl or cyclic N) is 1. The highest BCUT2D eigenvalue weighted by Gasteiger charge is 2.31. The first-order chi connectivity index (χ1) is 13.3. The number of hydrogen-bond acceptors (Lipinski definition) is 5. The number of hydrogen-bond donors (Lipinski definition) is 1. The summed E-state index contributed by atoms with van der Waals surface area (Å²) in [6.07, 6.45) is -4.05. The van der Waals surface area contributed by atoms with Crippen LogP contribution in [0, 0.1) is 5.82 Å². The fourth-order valence-electron chi connectivity index (χ4n) is 2.97. The number of alkyl halides is 3. The number of halogens is 4. The zero-order chi connectivity index (χ0) is 20.1. The molecule has 1 aromatic heterocycles. The van der Waals surface area contributed by atoms with E-state index in [0.29, 0.717) is 44.3 Å². The Morgan fingerprint density at radius 1 is 1.04 bits per heavy atom. The van der Waals surface area contributed by atoms with E-state index in [1.165, 1.54) is 30.0 Å². The van der Waals surface area contributed by atoms with E-state index in [1.807, 2.05) is 4.90 Å². The summed E-state index contributed by atoms with van der Waals surface area (Å²) in [6, 6.07) is 8.59. The van der Waals surface area contributed by atoms with Crippen molar-refractivity contribution in [2.45, 2.75) is 17.2 Å². The van der Waals surface area contributed by atoms with Gasteiger partial charge in [0.1, 0.15) is 11.6 Å². The predicted octanol–water partition coefficient (Wildman–Crippen LogP) is 3.51. The average molecular weight is 415 g/mol. The summed E-state index contributed by atoms with van der Waals surface area (Å²) >= 11 is 1.47. The Hall–Kier alpha value is -1.84. The van der Waals surface area contributed by atoms with Crippen molar-refractivity contribution < 1.29 is 22.7 Å². The third kappa shape index (κ3) is 5.83. The first kappa shape index (κ1) is 20.9. The normalized spacial score (nSPS) is 17.0. The maximum absolute atomic E-state index is 12.9. The van der Waals surface area contributed by atoms with Crippen molar-refractivity contribution >= 4 is 17.6 Å². The number of aliphatic hydroxyl groups is 1. The van der Waals surface area contributed by atoms with Gasteiger partial charge in [0.15, 0.2) is 0 Å². The second-order valence-corrected chi connectivity index (χ2v) is 7.70. The average Bonchev–Trinajstić information content (AvgIpc) is 2.68. The molecule has 0 bridgehead atoms. The summed E-state index contributed by atoms with van der Waals surface area (Å²) in [7, 11) is 0. The van der Waals surface area contributed by atoms with E-state index >= 15 is 0 Å². The molecule has 152 valence electrons. The maximum Gasteiger partial charge on any atom is 0.417 e. The van der Waals surface area contributed by atoms with Crippen molar-refractivity contribution in [3.05, 3.63) is 54.0 Å². The third-order valence-electron chi connectivity index (χ3n) is 4.50. The van der Waals surface area contributed by atoms with Crippen molar-refractivity contribution in [1.82, 2.24) is 9.88 Å². The Morgan fingerprint density at radius 2 is 1.71 bits per heavy atom. The van der Waals surface area contributed by atoms with Crippen molar-refractivity contribution in [1.29, 1.82) is 0 Å². The van der Waals surface area contributed by atoms with Gasteiger partial charge in [-0.2, -0.15) is 13.2 Å². The summed E-state index contributed by atoms with van der Waals surface area (Å²) in [5.41, 5.74) is -0.753. The van der Waals surface area contributed by atoms with Crippen molar-refractivity contribution in [2.75, 3.05) is 43.4 Å². The van der Waals surface area contributed by atoms with Crippen LogP contribution >= 0.6 is 11.8 Å². The molecule has 0 spiro atoms. The number of thioether (sulfide) groups is 1. The van der Waals surface area contributed by atoms with Gasteiger partial charge < -0.3 is 10.0 Å². The second kappa shape index (κ2) is 9.11. The van der Waals surface area contributed by atoms with E-state index in [-0.39, 0.29) is 5.82 Å². The first-order valence-electron chi connectivity index (χ1n) is 8.88. The molecule has 0 amide bonds. The highest BCUT2D eigenvalue weighted by Crippen LogP contribution is 2.29. The summed E-state index contributed by atoms with van der Waals surface area (Å²) < 4.78 is 50.8. The molecule has 4 nitrogen and oxygen atoms in total. The molecule has 2 heterocycles. The summed E-state index contributed by atoms with van der Waals surface area (Å²) in [4.78, 5) is 8.90. The molecule has 1 fully saturated rings. The number of benzene rings is 1. The highest BCUT2D eigenvalue weighted by atomic mass is 32.2. The highest BCUT2D eigenvalue weighted by molar-refractivity contribution is 7.99. The molecule has 28 heavy (non-hydrogen) atoms. The number of piperazine rings is 1. The minimum atomic E-state index is -4.38. The zero-order valence-electron chi connectivity index (χ0n) is 15.1. The molecule has 0 aliphatic carbocycles. The van der Waals surface area contributed by atoms with Gasteiger partial charge in [-0.05, 0) is 36.4 Å². The molecule has 0 saturated carbocycles. The Kier molecular flexibility index (Phi) is 6.79. The monoisotopic (exact) mass is 415 g/mol. The lowest BCUT2D eigenvalue weighted by molar-refractivity contribution is -0.137. The van der Waals surface area contributed by atoms with E-state index < -0.39 is 17.8 Å². The number of pyridine rings is 1. The smallest absolute Gasteiger partial charge is 0.391 e. The van der Waals surface area contributed by atoms with Crippen LogP contribution < -0.4 is 4.90 Å². The van der Waals surface area contributed by atoms with E-state index in [2.05, 4.69) is 9.88 Å². The Bertz CT molecular complexity index is 747. The van der Waals surface area contributed by atoms with Gasteiger partial charge in [-0.15, -0.1) is 11.8 Å². The second-order valence-electron chi connectivity index (χ2n) is 6.61. The molecule has 1 aromatic carbocycles. The molecule has 1 aliphatic heterocycles. The molecule has 0 unspecified atom stereocenters. The Labute approximate surface area is 165 Å². The van der Waals surface area contributed by atoms with E-state index in [4.69, 9.17) is 0 Å². The van der Waals surface area contributed by atoms with Crippen molar-refractivity contribution in [2.24, 2.45) is 0 Å². The largest absolute Gasteiger partial charge is 0.417 e. The van der Waals surface area contributed by atoms with Crippen molar-refractivity contribution in [3.8, 4) is 0 Å². The van der Waals surface area contributed by atoms with Gasteiger partial charge in [0, 0.05) is 49.6 Å². The van der Waals surface area contributed by atoms with E-state index in [9.17, 15) is 22.7 Å². The van der Waals surface area contributed by atoms with Crippen LogP contribution in [0.15, 0.2) is 47.5 Å². The lowest BCUT2D eigenvalue weighted by atomic mass is 10.2. The van der Waals surface area contributed by atoms with Crippen LogP contribution in [0.1, 0.15) is 5.56 Å².